The van der Waals surface area contributed by atoms with Crippen molar-refractivity contribution in [2.75, 3.05) is 0 Å². The molecule has 0 atom stereocenters. The Bertz CT molecular complexity index is 433. The van der Waals surface area contributed by atoms with E-state index in [1.165, 1.54) is 0 Å². The van der Waals surface area contributed by atoms with Crippen LogP contribution in [0.15, 0.2) is 30.6 Å². The van der Waals surface area contributed by atoms with Crippen molar-refractivity contribution >= 4 is 0 Å². The van der Waals surface area contributed by atoms with Crippen molar-refractivity contribution in [2.45, 2.75) is 6.54 Å². The summed E-state index contributed by atoms with van der Waals surface area (Å²) in [7, 11) is 1.91. The van der Waals surface area contributed by atoms with Crippen molar-refractivity contribution in [1.29, 1.82) is 0 Å². The summed E-state index contributed by atoms with van der Waals surface area (Å²) in [5, 5.41) is 4.11. The molecule has 2 aromatic heterocycles. The topological polar surface area (TPSA) is 56.7 Å². The molecule has 0 radical (unpaired) electrons. The normalized spacial score (nSPS) is 10.4. The van der Waals surface area contributed by atoms with E-state index >= 15 is 0 Å². The van der Waals surface area contributed by atoms with Gasteiger partial charge in [-0.15, -0.1) is 0 Å². The molecule has 4 nitrogen and oxygen atoms in total. The molecule has 4 heteroatoms. The first-order valence-corrected chi connectivity index (χ1v) is 4.44. The van der Waals surface area contributed by atoms with Gasteiger partial charge >= 0.3 is 0 Å². The van der Waals surface area contributed by atoms with E-state index in [1.807, 2.05) is 29.9 Å². The SMILES string of the molecule is Cn1nccc1-c1ccnc(CN)c1. The second kappa shape index (κ2) is 3.59. The molecule has 2 rings (SSSR count). The molecule has 0 amide bonds. The van der Waals surface area contributed by atoms with Crippen molar-refractivity contribution in [2.24, 2.45) is 12.8 Å². The molecule has 0 bridgehead atoms. The Morgan fingerprint density at radius 1 is 1.36 bits per heavy atom. The van der Waals surface area contributed by atoms with Crippen LogP contribution in [-0.2, 0) is 13.6 Å². The Morgan fingerprint density at radius 2 is 2.21 bits per heavy atom. The highest BCUT2D eigenvalue weighted by Crippen LogP contribution is 2.17. The Morgan fingerprint density at radius 3 is 2.86 bits per heavy atom. The van der Waals surface area contributed by atoms with Crippen molar-refractivity contribution in [3.05, 3.63) is 36.3 Å². The van der Waals surface area contributed by atoms with E-state index in [0.717, 1.165) is 17.0 Å². The van der Waals surface area contributed by atoms with Gasteiger partial charge in [0, 0.05) is 31.5 Å². The van der Waals surface area contributed by atoms with Crippen LogP contribution in [0.1, 0.15) is 5.69 Å². The van der Waals surface area contributed by atoms with Gasteiger partial charge in [0.2, 0.25) is 0 Å². The Hall–Kier alpha value is -1.68. The van der Waals surface area contributed by atoms with Crippen LogP contribution < -0.4 is 5.73 Å². The lowest BCUT2D eigenvalue weighted by molar-refractivity contribution is 0.775. The van der Waals surface area contributed by atoms with Crippen molar-refractivity contribution in [3.8, 4) is 11.3 Å². The number of aryl methyl sites for hydroxylation is 1. The molecule has 0 unspecified atom stereocenters. The Kier molecular flexibility index (Phi) is 2.28. The van der Waals surface area contributed by atoms with Crippen LogP contribution in [0.5, 0.6) is 0 Å². The zero-order valence-electron chi connectivity index (χ0n) is 8.01. The maximum atomic E-state index is 5.53. The lowest BCUT2D eigenvalue weighted by atomic mass is 10.1. The molecular weight excluding hydrogens is 176 g/mol. The number of aromatic nitrogens is 3. The average Bonchev–Trinajstić information content (AvgIpc) is 2.65. The van der Waals surface area contributed by atoms with Gasteiger partial charge in [0.15, 0.2) is 0 Å². The van der Waals surface area contributed by atoms with Crippen LogP contribution in [0.25, 0.3) is 11.3 Å². The molecule has 2 N–H and O–H groups in total. The number of nitrogens with two attached hydrogens (primary N) is 1. The quantitative estimate of drug-likeness (QED) is 0.763. The molecule has 2 aromatic rings. The zero-order chi connectivity index (χ0) is 9.97. The average molecular weight is 188 g/mol. The Labute approximate surface area is 82.4 Å². The van der Waals surface area contributed by atoms with E-state index < -0.39 is 0 Å². The first-order valence-electron chi connectivity index (χ1n) is 4.44. The number of hydrogen-bond donors (Lipinski definition) is 1. The predicted octanol–water partition coefficient (Wildman–Crippen LogP) is 0.941. The minimum atomic E-state index is 0.464. The molecule has 0 saturated carbocycles. The highest BCUT2D eigenvalue weighted by Gasteiger charge is 2.02. The largest absolute Gasteiger partial charge is 0.325 e. The maximum absolute atomic E-state index is 5.53. The molecule has 0 aliphatic carbocycles. The lowest BCUT2D eigenvalue weighted by Crippen LogP contribution is -2.00. The van der Waals surface area contributed by atoms with Crippen molar-refractivity contribution < 1.29 is 0 Å². The first-order chi connectivity index (χ1) is 6.81. The molecular formula is C10H12N4. The summed E-state index contributed by atoms with van der Waals surface area (Å²) in [5.41, 5.74) is 8.59. The number of hydrogen-bond acceptors (Lipinski definition) is 3. The van der Waals surface area contributed by atoms with E-state index in [-0.39, 0.29) is 0 Å². The number of rotatable bonds is 2. The maximum Gasteiger partial charge on any atom is 0.0680 e. The van der Waals surface area contributed by atoms with Gasteiger partial charge in [0.25, 0.3) is 0 Å². The van der Waals surface area contributed by atoms with Crippen LogP contribution in [-0.4, -0.2) is 14.8 Å². The second-order valence-corrected chi connectivity index (χ2v) is 3.08. The standard InChI is InChI=1S/C10H12N4/c1-14-10(3-5-13-14)8-2-4-12-9(6-8)7-11/h2-6H,7,11H2,1H3. The highest BCUT2D eigenvalue weighted by atomic mass is 15.3. The van der Waals surface area contributed by atoms with Gasteiger partial charge in [-0.3, -0.25) is 9.67 Å². The Balaban J connectivity index is 2.47. The summed E-state index contributed by atoms with van der Waals surface area (Å²) in [6.45, 7) is 0.464. The zero-order valence-corrected chi connectivity index (χ0v) is 8.01. The molecule has 0 spiro atoms. The fourth-order valence-corrected chi connectivity index (χ4v) is 1.41. The van der Waals surface area contributed by atoms with E-state index in [9.17, 15) is 0 Å². The fourth-order valence-electron chi connectivity index (χ4n) is 1.41. The summed E-state index contributed by atoms with van der Waals surface area (Å²) in [5.74, 6) is 0. The van der Waals surface area contributed by atoms with E-state index in [0.29, 0.717) is 6.54 Å². The van der Waals surface area contributed by atoms with E-state index in [4.69, 9.17) is 5.73 Å². The highest BCUT2D eigenvalue weighted by molar-refractivity contribution is 5.58. The summed E-state index contributed by atoms with van der Waals surface area (Å²) in [6.07, 6.45) is 3.54. The third kappa shape index (κ3) is 1.52. The lowest BCUT2D eigenvalue weighted by Gasteiger charge is -2.03. The molecule has 0 fully saturated rings. The fraction of sp³-hybridized carbons (Fsp3) is 0.200. The van der Waals surface area contributed by atoms with Gasteiger partial charge in [-0.05, 0) is 18.2 Å². The molecule has 2 heterocycles. The van der Waals surface area contributed by atoms with Crippen LogP contribution in [0.4, 0.5) is 0 Å². The smallest absolute Gasteiger partial charge is 0.0680 e. The van der Waals surface area contributed by atoms with E-state index in [1.54, 1.807) is 12.4 Å². The second-order valence-electron chi connectivity index (χ2n) is 3.08. The van der Waals surface area contributed by atoms with E-state index in [2.05, 4.69) is 10.1 Å². The summed E-state index contributed by atoms with van der Waals surface area (Å²) >= 11 is 0. The van der Waals surface area contributed by atoms with Gasteiger partial charge in [-0.25, -0.2) is 0 Å². The van der Waals surface area contributed by atoms with Crippen LogP contribution >= 0.6 is 0 Å². The van der Waals surface area contributed by atoms with Crippen molar-refractivity contribution in [3.63, 3.8) is 0 Å². The summed E-state index contributed by atoms with van der Waals surface area (Å²) in [4.78, 5) is 4.14. The molecule has 14 heavy (non-hydrogen) atoms. The number of pyridine rings is 1. The molecule has 0 aliphatic rings. The predicted molar refractivity (Wildman–Crippen MR) is 54.3 cm³/mol. The first kappa shape index (κ1) is 8.90. The minimum Gasteiger partial charge on any atom is -0.325 e. The van der Waals surface area contributed by atoms with Crippen LogP contribution in [0, 0.1) is 0 Å². The number of nitrogens with zero attached hydrogens (tertiary/aromatic N) is 3. The van der Waals surface area contributed by atoms with Gasteiger partial charge in [-0.1, -0.05) is 0 Å². The van der Waals surface area contributed by atoms with Gasteiger partial charge in [0.05, 0.1) is 11.4 Å². The molecule has 0 saturated heterocycles. The van der Waals surface area contributed by atoms with Gasteiger partial charge in [-0.2, -0.15) is 5.10 Å². The minimum absolute atomic E-state index is 0.464. The van der Waals surface area contributed by atoms with Crippen LogP contribution in [0.3, 0.4) is 0 Å². The summed E-state index contributed by atoms with van der Waals surface area (Å²) in [6, 6.07) is 5.91. The molecule has 0 aromatic carbocycles. The van der Waals surface area contributed by atoms with Gasteiger partial charge < -0.3 is 5.73 Å². The summed E-state index contributed by atoms with van der Waals surface area (Å²) < 4.78 is 1.83. The van der Waals surface area contributed by atoms with Gasteiger partial charge in [0.1, 0.15) is 0 Å². The monoisotopic (exact) mass is 188 g/mol. The van der Waals surface area contributed by atoms with Crippen LogP contribution in [0.2, 0.25) is 0 Å². The molecule has 0 aliphatic heterocycles. The van der Waals surface area contributed by atoms with Crippen molar-refractivity contribution in [1.82, 2.24) is 14.8 Å². The molecule has 72 valence electrons. The third-order valence-corrected chi connectivity index (χ3v) is 2.14. The third-order valence-electron chi connectivity index (χ3n) is 2.14.